The molecule has 0 aliphatic heterocycles. The van der Waals surface area contributed by atoms with Gasteiger partial charge in [-0.05, 0) is 37.7 Å². The number of aryl methyl sites for hydroxylation is 1. The molecule has 0 aliphatic rings. The molecule has 0 aromatic carbocycles. The van der Waals surface area contributed by atoms with Gasteiger partial charge in [0.1, 0.15) is 16.6 Å². The highest BCUT2D eigenvalue weighted by atomic mass is 32.1. The van der Waals surface area contributed by atoms with E-state index >= 15 is 0 Å². The molecule has 1 rings (SSSR count). The molecule has 0 bridgehead atoms. The quantitative estimate of drug-likeness (QED) is 0.851. The van der Waals surface area contributed by atoms with Crippen molar-refractivity contribution in [3.63, 3.8) is 0 Å². The van der Waals surface area contributed by atoms with Gasteiger partial charge in [-0.15, -0.1) is 0 Å². The number of aromatic nitrogens is 1. The molecule has 2 atom stereocenters. The second-order valence-corrected chi connectivity index (χ2v) is 5.15. The van der Waals surface area contributed by atoms with Crippen molar-refractivity contribution >= 4 is 16.5 Å². The van der Waals surface area contributed by atoms with Crippen molar-refractivity contribution in [2.24, 2.45) is 5.92 Å². The van der Waals surface area contributed by atoms with Gasteiger partial charge < -0.3 is 5.32 Å². The van der Waals surface area contributed by atoms with Gasteiger partial charge in [-0.25, -0.2) is 0 Å². The summed E-state index contributed by atoms with van der Waals surface area (Å²) in [5, 5.41) is 13.3. The van der Waals surface area contributed by atoms with Crippen LogP contribution in [0.1, 0.15) is 44.9 Å². The Bertz CT molecular complexity index is 378. The summed E-state index contributed by atoms with van der Waals surface area (Å²) >= 11 is 1.38. The molecule has 88 valence electrons. The van der Waals surface area contributed by atoms with Crippen LogP contribution in [0, 0.1) is 24.2 Å². The summed E-state index contributed by atoms with van der Waals surface area (Å²) in [5.74, 6) is 0.710. The Labute approximate surface area is 102 Å². The largest absolute Gasteiger partial charge is 0.372 e. The third-order valence-electron chi connectivity index (χ3n) is 2.80. The summed E-state index contributed by atoms with van der Waals surface area (Å²) in [5.41, 5.74) is 1.52. The van der Waals surface area contributed by atoms with Crippen LogP contribution in [-0.4, -0.2) is 10.4 Å². The standard InChI is InChI=1S/C12H19N3S/c1-5-8(2)6-9(3)14-12-11(7-13)10(4)15-16-12/h8-9,14H,5-6H2,1-4H3. The van der Waals surface area contributed by atoms with Gasteiger partial charge in [-0.1, -0.05) is 20.3 Å². The van der Waals surface area contributed by atoms with Crippen LogP contribution < -0.4 is 5.32 Å². The first-order chi connectivity index (χ1) is 7.58. The molecule has 0 fully saturated rings. The van der Waals surface area contributed by atoms with E-state index in [0.29, 0.717) is 17.5 Å². The Hall–Kier alpha value is -1.08. The highest BCUT2D eigenvalue weighted by molar-refractivity contribution is 7.10. The average Bonchev–Trinajstić information content (AvgIpc) is 2.58. The molecular weight excluding hydrogens is 218 g/mol. The SMILES string of the molecule is CCC(C)CC(C)Nc1snc(C)c1C#N. The Balaban J connectivity index is 2.63. The third kappa shape index (κ3) is 3.21. The molecule has 2 unspecified atom stereocenters. The van der Waals surface area contributed by atoms with Crippen LogP contribution in [0.3, 0.4) is 0 Å². The van der Waals surface area contributed by atoms with Crippen molar-refractivity contribution in [2.45, 2.75) is 46.6 Å². The van der Waals surface area contributed by atoms with Crippen LogP contribution in [0.15, 0.2) is 0 Å². The summed E-state index contributed by atoms with van der Waals surface area (Å²) in [4.78, 5) is 0. The van der Waals surface area contributed by atoms with E-state index in [0.717, 1.165) is 17.1 Å². The number of nitriles is 1. The minimum absolute atomic E-state index is 0.391. The molecule has 0 saturated heterocycles. The predicted molar refractivity (Wildman–Crippen MR) is 68.7 cm³/mol. The van der Waals surface area contributed by atoms with Crippen molar-refractivity contribution in [2.75, 3.05) is 5.32 Å². The summed E-state index contributed by atoms with van der Waals surface area (Å²) in [7, 11) is 0. The van der Waals surface area contributed by atoms with Crippen molar-refractivity contribution in [3.05, 3.63) is 11.3 Å². The van der Waals surface area contributed by atoms with Gasteiger partial charge in [0, 0.05) is 6.04 Å². The van der Waals surface area contributed by atoms with E-state index < -0.39 is 0 Å². The summed E-state index contributed by atoms with van der Waals surface area (Å²) < 4.78 is 4.20. The fourth-order valence-corrected chi connectivity index (χ4v) is 2.51. The van der Waals surface area contributed by atoms with Gasteiger partial charge in [-0.2, -0.15) is 9.64 Å². The van der Waals surface area contributed by atoms with E-state index in [-0.39, 0.29) is 0 Å². The fourth-order valence-electron chi connectivity index (χ4n) is 1.65. The number of anilines is 1. The zero-order valence-corrected chi connectivity index (χ0v) is 11.2. The lowest BCUT2D eigenvalue weighted by atomic mass is 10.0. The third-order valence-corrected chi connectivity index (χ3v) is 3.67. The van der Waals surface area contributed by atoms with Crippen molar-refractivity contribution in [3.8, 4) is 6.07 Å². The van der Waals surface area contributed by atoms with Gasteiger partial charge in [0.15, 0.2) is 0 Å². The Morgan fingerprint density at radius 1 is 1.50 bits per heavy atom. The van der Waals surface area contributed by atoms with Crippen molar-refractivity contribution in [1.29, 1.82) is 5.26 Å². The summed E-state index contributed by atoms with van der Waals surface area (Å²) in [6.07, 6.45) is 2.32. The Morgan fingerprint density at radius 3 is 2.75 bits per heavy atom. The molecule has 1 heterocycles. The molecule has 0 radical (unpaired) electrons. The number of rotatable bonds is 5. The zero-order valence-electron chi connectivity index (χ0n) is 10.4. The van der Waals surface area contributed by atoms with Crippen LogP contribution in [0.2, 0.25) is 0 Å². The van der Waals surface area contributed by atoms with Crippen LogP contribution >= 0.6 is 11.5 Å². The Morgan fingerprint density at radius 2 is 2.19 bits per heavy atom. The van der Waals surface area contributed by atoms with E-state index in [9.17, 15) is 0 Å². The van der Waals surface area contributed by atoms with Crippen LogP contribution in [-0.2, 0) is 0 Å². The second kappa shape index (κ2) is 5.86. The first-order valence-corrected chi connectivity index (χ1v) is 6.48. The van der Waals surface area contributed by atoms with Crippen LogP contribution in [0.25, 0.3) is 0 Å². The van der Waals surface area contributed by atoms with E-state index in [1.807, 2.05) is 6.92 Å². The summed E-state index contributed by atoms with van der Waals surface area (Å²) in [6.45, 7) is 8.48. The Kier molecular flexibility index (Phi) is 4.75. The van der Waals surface area contributed by atoms with Gasteiger partial charge >= 0.3 is 0 Å². The molecule has 16 heavy (non-hydrogen) atoms. The molecular formula is C12H19N3S. The topological polar surface area (TPSA) is 48.7 Å². The second-order valence-electron chi connectivity index (χ2n) is 4.38. The molecule has 3 nitrogen and oxygen atoms in total. The lowest BCUT2D eigenvalue weighted by Crippen LogP contribution is -2.18. The first kappa shape index (κ1) is 13.0. The van der Waals surface area contributed by atoms with E-state index in [4.69, 9.17) is 5.26 Å². The molecule has 0 amide bonds. The molecule has 1 aromatic rings. The van der Waals surface area contributed by atoms with E-state index in [1.54, 1.807) is 0 Å². The molecule has 0 spiro atoms. The van der Waals surface area contributed by atoms with Gasteiger partial charge in [0.25, 0.3) is 0 Å². The van der Waals surface area contributed by atoms with Crippen molar-refractivity contribution < 1.29 is 0 Å². The maximum atomic E-state index is 9.01. The number of nitrogens with zero attached hydrogens (tertiary/aromatic N) is 2. The van der Waals surface area contributed by atoms with E-state index in [2.05, 4.69) is 36.5 Å². The van der Waals surface area contributed by atoms with Crippen LogP contribution in [0.5, 0.6) is 0 Å². The van der Waals surface area contributed by atoms with Gasteiger partial charge in [0.05, 0.1) is 5.69 Å². The molecule has 0 saturated carbocycles. The first-order valence-electron chi connectivity index (χ1n) is 5.71. The number of nitrogens with one attached hydrogen (secondary N) is 1. The predicted octanol–water partition coefficient (Wildman–Crippen LogP) is 3.56. The van der Waals surface area contributed by atoms with Crippen molar-refractivity contribution in [1.82, 2.24) is 4.37 Å². The maximum Gasteiger partial charge on any atom is 0.127 e. The highest BCUT2D eigenvalue weighted by Crippen LogP contribution is 2.25. The minimum Gasteiger partial charge on any atom is -0.372 e. The maximum absolute atomic E-state index is 9.01. The lowest BCUT2D eigenvalue weighted by Gasteiger charge is -2.17. The smallest absolute Gasteiger partial charge is 0.127 e. The molecule has 4 heteroatoms. The number of hydrogen-bond donors (Lipinski definition) is 1. The van der Waals surface area contributed by atoms with Gasteiger partial charge in [0.2, 0.25) is 0 Å². The summed E-state index contributed by atoms with van der Waals surface area (Å²) in [6, 6.07) is 2.59. The average molecular weight is 237 g/mol. The van der Waals surface area contributed by atoms with E-state index in [1.165, 1.54) is 18.0 Å². The zero-order chi connectivity index (χ0) is 12.1. The number of hydrogen-bond acceptors (Lipinski definition) is 4. The lowest BCUT2D eigenvalue weighted by molar-refractivity contribution is 0.484. The molecule has 1 N–H and O–H groups in total. The highest BCUT2D eigenvalue weighted by Gasteiger charge is 2.13. The van der Waals surface area contributed by atoms with Gasteiger partial charge in [-0.3, -0.25) is 0 Å². The molecule has 1 aromatic heterocycles. The normalized spacial score (nSPS) is 14.2. The molecule has 0 aliphatic carbocycles. The van der Waals surface area contributed by atoms with Crippen LogP contribution in [0.4, 0.5) is 5.00 Å². The minimum atomic E-state index is 0.391. The fraction of sp³-hybridized carbons (Fsp3) is 0.667. The monoisotopic (exact) mass is 237 g/mol.